The van der Waals surface area contributed by atoms with Crippen LogP contribution in [0.25, 0.3) is 11.0 Å². The number of para-hydroxylation sites is 2. The second-order valence-electron chi connectivity index (χ2n) is 2.93. The third-order valence-corrected chi connectivity index (χ3v) is 1.96. The Balaban J connectivity index is 2.49. The monoisotopic (exact) mass is 177 g/mol. The van der Waals surface area contributed by atoms with E-state index in [0.717, 1.165) is 11.0 Å². The molecule has 4 nitrogen and oxygen atoms in total. The first-order valence-electron chi connectivity index (χ1n) is 4.12. The summed E-state index contributed by atoms with van der Waals surface area (Å²) < 4.78 is 0. The van der Waals surface area contributed by atoms with Gasteiger partial charge in [-0.15, -0.1) is 0 Å². The van der Waals surface area contributed by atoms with Crippen molar-refractivity contribution in [1.82, 2.24) is 9.97 Å². The number of aliphatic hydroxyl groups is 1. The summed E-state index contributed by atoms with van der Waals surface area (Å²) in [6, 6.07) is 7.24. The molecule has 4 heteroatoms. The van der Waals surface area contributed by atoms with E-state index >= 15 is 0 Å². The van der Waals surface area contributed by atoms with Gasteiger partial charge >= 0.3 is 0 Å². The van der Waals surface area contributed by atoms with E-state index in [1.807, 2.05) is 24.3 Å². The number of nitrogens with two attached hydrogens (primary N) is 1. The first-order chi connectivity index (χ1) is 6.31. The summed E-state index contributed by atoms with van der Waals surface area (Å²) in [6.07, 6.45) is 0. The van der Waals surface area contributed by atoms with Gasteiger partial charge in [0, 0.05) is 0 Å². The molecule has 0 bridgehead atoms. The van der Waals surface area contributed by atoms with Crippen molar-refractivity contribution in [2.24, 2.45) is 5.73 Å². The van der Waals surface area contributed by atoms with Crippen molar-refractivity contribution in [2.75, 3.05) is 6.61 Å². The fourth-order valence-electron chi connectivity index (χ4n) is 1.23. The van der Waals surface area contributed by atoms with Gasteiger partial charge in [-0.25, -0.2) is 4.98 Å². The van der Waals surface area contributed by atoms with Crippen LogP contribution in [0.4, 0.5) is 0 Å². The molecule has 1 aromatic carbocycles. The van der Waals surface area contributed by atoms with Crippen LogP contribution >= 0.6 is 0 Å². The van der Waals surface area contributed by atoms with Crippen LogP contribution in [0.15, 0.2) is 24.3 Å². The Bertz CT molecular complexity index is 377. The number of aliphatic hydroxyl groups excluding tert-OH is 1. The van der Waals surface area contributed by atoms with Gasteiger partial charge in [-0.2, -0.15) is 0 Å². The number of hydrogen-bond donors (Lipinski definition) is 3. The predicted octanol–water partition coefficient (Wildman–Crippen LogP) is 0.555. The van der Waals surface area contributed by atoms with E-state index in [1.165, 1.54) is 0 Å². The van der Waals surface area contributed by atoms with Crippen LogP contribution in [0.5, 0.6) is 0 Å². The molecule has 0 saturated heterocycles. The van der Waals surface area contributed by atoms with Gasteiger partial charge < -0.3 is 15.8 Å². The van der Waals surface area contributed by atoms with Crippen molar-refractivity contribution < 1.29 is 5.11 Å². The molecular weight excluding hydrogens is 166 g/mol. The number of aromatic nitrogens is 2. The molecular formula is C9H11N3O. The second-order valence-corrected chi connectivity index (χ2v) is 2.93. The van der Waals surface area contributed by atoms with Crippen molar-refractivity contribution in [3.05, 3.63) is 30.1 Å². The molecule has 1 atom stereocenters. The van der Waals surface area contributed by atoms with Gasteiger partial charge in [-0.05, 0) is 12.1 Å². The third kappa shape index (κ3) is 1.41. The fraction of sp³-hybridized carbons (Fsp3) is 0.222. The minimum absolute atomic E-state index is 0.0974. The topological polar surface area (TPSA) is 74.9 Å². The number of aromatic amines is 1. The van der Waals surface area contributed by atoms with Crippen LogP contribution in [-0.2, 0) is 0 Å². The molecule has 1 heterocycles. The van der Waals surface area contributed by atoms with E-state index in [1.54, 1.807) is 0 Å². The molecule has 0 unspecified atom stereocenters. The van der Waals surface area contributed by atoms with Gasteiger partial charge in [0.2, 0.25) is 0 Å². The van der Waals surface area contributed by atoms with Gasteiger partial charge in [0.1, 0.15) is 5.82 Å². The zero-order valence-electron chi connectivity index (χ0n) is 7.07. The number of nitrogens with zero attached hydrogens (tertiary/aromatic N) is 1. The number of rotatable bonds is 2. The predicted molar refractivity (Wildman–Crippen MR) is 50.1 cm³/mol. The molecule has 1 aromatic heterocycles. The normalized spacial score (nSPS) is 13.4. The van der Waals surface area contributed by atoms with Crippen LogP contribution in [0.1, 0.15) is 11.9 Å². The Morgan fingerprint density at radius 1 is 1.46 bits per heavy atom. The number of hydrogen-bond acceptors (Lipinski definition) is 3. The molecule has 2 aromatic rings. The van der Waals surface area contributed by atoms with Crippen LogP contribution in [0.2, 0.25) is 0 Å². The van der Waals surface area contributed by atoms with Crippen molar-refractivity contribution >= 4 is 11.0 Å². The summed E-state index contributed by atoms with van der Waals surface area (Å²) in [7, 11) is 0. The summed E-state index contributed by atoms with van der Waals surface area (Å²) >= 11 is 0. The maximum absolute atomic E-state index is 8.83. The maximum atomic E-state index is 8.83. The molecule has 0 fully saturated rings. The highest BCUT2D eigenvalue weighted by Crippen LogP contribution is 2.13. The van der Waals surface area contributed by atoms with Crippen molar-refractivity contribution in [1.29, 1.82) is 0 Å². The van der Waals surface area contributed by atoms with E-state index < -0.39 is 6.04 Å². The lowest BCUT2D eigenvalue weighted by atomic mass is 10.3. The molecule has 2 rings (SSSR count). The molecule has 0 amide bonds. The van der Waals surface area contributed by atoms with E-state index in [4.69, 9.17) is 10.8 Å². The van der Waals surface area contributed by atoms with Crippen LogP contribution in [-0.4, -0.2) is 21.7 Å². The lowest BCUT2D eigenvalue weighted by Crippen LogP contribution is -2.15. The van der Waals surface area contributed by atoms with Gasteiger partial charge in [-0.3, -0.25) is 0 Å². The summed E-state index contributed by atoms with van der Waals surface area (Å²) in [4.78, 5) is 7.29. The molecule has 4 N–H and O–H groups in total. The summed E-state index contributed by atoms with van der Waals surface area (Å²) in [6.45, 7) is -0.0974. The maximum Gasteiger partial charge on any atom is 0.126 e. The molecule has 68 valence electrons. The van der Waals surface area contributed by atoms with Crippen molar-refractivity contribution in [2.45, 2.75) is 6.04 Å². The van der Waals surface area contributed by atoms with Crippen LogP contribution in [0.3, 0.4) is 0 Å². The van der Waals surface area contributed by atoms with Crippen LogP contribution in [0, 0.1) is 0 Å². The number of H-pyrrole nitrogens is 1. The Labute approximate surface area is 75.4 Å². The first-order valence-corrected chi connectivity index (χ1v) is 4.12. The molecule has 13 heavy (non-hydrogen) atoms. The van der Waals surface area contributed by atoms with E-state index in [9.17, 15) is 0 Å². The molecule has 0 spiro atoms. The minimum atomic E-state index is -0.424. The Morgan fingerprint density at radius 3 is 2.92 bits per heavy atom. The molecule has 0 aliphatic carbocycles. The van der Waals surface area contributed by atoms with Gasteiger partial charge in [0.15, 0.2) is 0 Å². The molecule has 0 aliphatic heterocycles. The summed E-state index contributed by atoms with van der Waals surface area (Å²) in [5, 5.41) is 8.83. The summed E-state index contributed by atoms with van der Waals surface area (Å²) in [5.74, 6) is 0.628. The Morgan fingerprint density at radius 2 is 2.23 bits per heavy atom. The smallest absolute Gasteiger partial charge is 0.126 e. The lowest BCUT2D eigenvalue weighted by molar-refractivity contribution is 0.264. The zero-order valence-corrected chi connectivity index (χ0v) is 7.07. The largest absolute Gasteiger partial charge is 0.394 e. The third-order valence-electron chi connectivity index (χ3n) is 1.96. The Hall–Kier alpha value is -1.39. The Kier molecular flexibility index (Phi) is 2.00. The molecule has 0 saturated carbocycles. The quantitative estimate of drug-likeness (QED) is 0.627. The van der Waals surface area contributed by atoms with E-state index in [2.05, 4.69) is 9.97 Å². The molecule has 0 radical (unpaired) electrons. The van der Waals surface area contributed by atoms with Crippen LogP contribution < -0.4 is 5.73 Å². The lowest BCUT2D eigenvalue weighted by Gasteiger charge is -2.01. The molecule has 0 aliphatic rings. The van der Waals surface area contributed by atoms with E-state index in [0.29, 0.717) is 5.82 Å². The van der Waals surface area contributed by atoms with Gasteiger partial charge in [0.25, 0.3) is 0 Å². The highest BCUT2D eigenvalue weighted by atomic mass is 16.3. The average molecular weight is 177 g/mol. The average Bonchev–Trinajstić information content (AvgIpc) is 2.59. The highest BCUT2D eigenvalue weighted by molar-refractivity contribution is 5.74. The number of fused-ring (bicyclic) bond motifs is 1. The second kappa shape index (κ2) is 3.16. The number of benzene rings is 1. The van der Waals surface area contributed by atoms with Gasteiger partial charge in [0.05, 0.1) is 23.7 Å². The number of imidazole rings is 1. The van der Waals surface area contributed by atoms with E-state index in [-0.39, 0.29) is 6.61 Å². The highest BCUT2D eigenvalue weighted by Gasteiger charge is 2.08. The zero-order chi connectivity index (χ0) is 9.26. The van der Waals surface area contributed by atoms with Crippen molar-refractivity contribution in [3.8, 4) is 0 Å². The minimum Gasteiger partial charge on any atom is -0.394 e. The summed E-state index contributed by atoms with van der Waals surface area (Å²) in [5.41, 5.74) is 7.44. The standard InChI is InChI=1S/C9H11N3O/c10-6(5-13)9-11-7-3-1-2-4-8(7)12-9/h1-4,6,13H,5,10H2,(H,11,12)/t6-/m0/s1. The van der Waals surface area contributed by atoms with Crippen molar-refractivity contribution in [3.63, 3.8) is 0 Å². The SMILES string of the molecule is N[C@@H](CO)c1nc2ccccc2[nH]1. The number of nitrogens with one attached hydrogen (secondary N) is 1. The first kappa shape index (κ1) is 8.22. The van der Waals surface area contributed by atoms with Gasteiger partial charge in [-0.1, -0.05) is 12.1 Å². The fourth-order valence-corrected chi connectivity index (χ4v) is 1.23.